The summed E-state index contributed by atoms with van der Waals surface area (Å²) in [6.45, 7) is 1.81. The van der Waals surface area contributed by atoms with Gasteiger partial charge in [0.1, 0.15) is 17.3 Å². The first-order valence-electron chi connectivity index (χ1n) is 4.85. The van der Waals surface area contributed by atoms with Crippen molar-refractivity contribution in [2.75, 3.05) is 0 Å². The third kappa shape index (κ3) is 2.10. The molecule has 16 heavy (non-hydrogen) atoms. The van der Waals surface area contributed by atoms with Gasteiger partial charge in [0.15, 0.2) is 0 Å². The van der Waals surface area contributed by atoms with Crippen LogP contribution < -0.4 is 5.73 Å². The quantitative estimate of drug-likeness (QED) is 0.872. The lowest BCUT2D eigenvalue weighted by Crippen LogP contribution is -2.12. The fourth-order valence-corrected chi connectivity index (χ4v) is 1.69. The Bertz CT molecular complexity index is 509. The normalized spacial score (nSPS) is 12.8. The molecule has 0 spiro atoms. The van der Waals surface area contributed by atoms with E-state index in [2.05, 4.69) is 0 Å². The van der Waals surface area contributed by atoms with Crippen molar-refractivity contribution in [3.63, 3.8) is 0 Å². The highest BCUT2D eigenvalue weighted by Crippen LogP contribution is 2.25. The second kappa shape index (κ2) is 4.28. The van der Waals surface area contributed by atoms with Gasteiger partial charge in [0, 0.05) is 10.6 Å². The molecule has 1 aromatic carbocycles. The molecule has 2 nitrogen and oxygen atoms in total. The summed E-state index contributed by atoms with van der Waals surface area (Å²) >= 11 is 5.67. The van der Waals surface area contributed by atoms with Gasteiger partial charge in [-0.05, 0) is 31.2 Å². The third-order valence-electron chi connectivity index (χ3n) is 2.37. The van der Waals surface area contributed by atoms with Crippen LogP contribution in [-0.2, 0) is 0 Å². The molecule has 1 atom stereocenters. The number of benzene rings is 1. The van der Waals surface area contributed by atoms with Gasteiger partial charge in [0.2, 0.25) is 0 Å². The molecule has 0 amide bonds. The highest BCUT2D eigenvalue weighted by atomic mass is 35.5. The van der Waals surface area contributed by atoms with Crippen molar-refractivity contribution in [2.45, 2.75) is 13.0 Å². The molecule has 1 heterocycles. The molecular weight excluding hydrogens is 229 g/mol. The lowest BCUT2D eigenvalue weighted by molar-refractivity contribution is 0.459. The predicted octanol–water partition coefficient (Wildman–Crippen LogP) is 3.43. The largest absolute Gasteiger partial charge is 0.464 e. The molecule has 0 saturated carbocycles. The Morgan fingerprint density at radius 2 is 2.06 bits per heavy atom. The van der Waals surface area contributed by atoms with E-state index in [-0.39, 0.29) is 0 Å². The van der Waals surface area contributed by atoms with Crippen molar-refractivity contribution in [3.8, 4) is 0 Å². The molecule has 84 valence electrons. The minimum absolute atomic E-state index is 0.351. The van der Waals surface area contributed by atoms with E-state index >= 15 is 0 Å². The smallest absolute Gasteiger partial charge is 0.129 e. The van der Waals surface area contributed by atoms with Crippen molar-refractivity contribution in [1.82, 2.24) is 0 Å². The number of hydrogen-bond acceptors (Lipinski definition) is 2. The van der Waals surface area contributed by atoms with Gasteiger partial charge < -0.3 is 10.2 Å². The van der Waals surface area contributed by atoms with E-state index in [1.807, 2.05) is 6.92 Å². The summed E-state index contributed by atoms with van der Waals surface area (Å²) in [5, 5.41) is 0.351. The molecule has 0 fully saturated rings. The van der Waals surface area contributed by atoms with Crippen LogP contribution in [0.2, 0.25) is 5.02 Å². The SMILES string of the molecule is Cc1ccc(C(N)c2ccc(Cl)cc2F)o1. The van der Waals surface area contributed by atoms with Crippen LogP contribution in [0.25, 0.3) is 0 Å². The van der Waals surface area contributed by atoms with E-state index in [4.69, 9.17) is 21.8 Å². The monoisotopic (exact) mass is 239 g/mol. The van der Waals surface area contributed by atoms with Gasteiger partial charge in [-0.1, -0.05) is 17.7 Å². The van der Waals surface area contributed by atoms with E-state index in [0.29, 0.717) is 16.3 Å². The van der Waals surface area contributed by atoms with Crippen LogP contribution in [-0.4, -0.2) is 0 Å². The first-order chi connectivity index (χ1) is 7.58. The summed E-state index contributed by atoms with van der Waals surface area (Å²) in [4.78, 5) is 0. The number of halogens is 2. The number of rotatable bonds is 2. The average Bonchev–Trinajstić information content (AvgIpc) is 2.64. The van der Waals surface area contributed by atoms with Crippen LogP contribution >= 0.6 is 11.6 Å². The molecule has 2 N–H and O–H groups in total. The first-order valence-corrected chi connectivity index (χ1v) is 5.22. The maximum atomic E-state index is 13.6. The molecule has 0 aliphatic carbocycles. The molecule has 2 aromatic rings. The molecule has 0 aliphatic heterocycles. The van der Waals surface area contributed by atoms with Crippen LogP contribution in [0, 0.1) is 12.7 Å². The fourth-order valence-electron chi connectivity index (χ4n) is 1.53. The Morgan fingerprint density at radius 1 is 1.31 bits per heavy atom. The van der Waals surface area contributed by atoms with Crippen molar-refractivity contribution >= 4 is 11.6 Å². The van der Waals surface area contributed by atoms with Crippen molar-refractivity contribution in [1.29, 1.82) is 0 Å². The van der Waals surface area contributed by atoms with Crippen molar-refractivity contribution in [3.05, 3.63) is 58.3 Å². The second-order valence-electron chi connectivity index (χ2n) is 3.59. The van der Waals surface area contributed by atoms with Crippen LogP contribution in [0.3, 0.4) is 0 Å². The zero-order valence-electron chi connectivity index (χ0n) is 8.71. The van der Waals surface area contributed by atoms with Gasteiger partial charge in [-0.15, -0.1) is 0 Å². The molecule has 0 radical (unpaired) electrons. The van der Waals surface area contributed by atoms with E-state index in [1.54, 1.807) is 24.3 Å². The summed E-state index contributed by atoms with van der Waals surface area (Å²) < 4.78 is 18.9. The van der Waals surface area contributed by atoms with Gasteiger partial charge >= 0.3 is 0 Å². The summed E-state index contributed by atoms with van der Waals surface area (Å²) in [6, 6.07) is 7.35. The molecule has 2 rings (SSSR count). The number of nitrogens with two attached hydrogens (primary N) is 1. The highest BCUT2D eigenvalue weighted by molar-refractivity contribution is 6.30. The first kappa shape index (κ1) is 11.2. The van der Waals surface area contributed by atoms with Crippen molar-refractivity contribution < 1.29 is 8.81 Å². The Hall–Kier alpha value is -1.32. The number of aryl methyl sites for hydroxylation is 1. The highest BCUT2D eigenvalue weighted by Gasteiger charge is 2.16. The lowest BCUT2D eigenvalue weighted by atomic mass is 10.1. The number of furan rings is 1. The van der Waals surface area contributed by atoms with E-state index in [1.165, 1.54) is 6.07 Å². The van der Waals surface area contributed by atoms with E-state index < -0.39 is 11.9 Å². The summed E-state index contributed by atoms with van der Waals surface area (Å²) in [5.74, 6) is 0.868. The molecule has 4 heteroatoms. The minimum Gasteiger partial charge on any atom is -0.464 e. The third-order valence-corrected chi connectivity index (χ3v) is 2.60. The molecule has 1 aromatic heterocycles. The molecular formula is C12H11ClFNO. The van der Waals surface area contributed by atoms with E-state index in [9.17, 15) is 4.39 Å². The Balaban J connectivity index is 2.37. The second-order valence-corrected chi connectivity index (χ2v) is 4.03. The van der Waals surface area contributed by atoms with Crippen LogP contribution in [0.5, 0.6) is 0 Å². The summed E-state index contributed by atoms with van der Waals surface area (Å²) in [6.07, 6.45) is 0. The van der Waals surface area contributed by atoms with Gasteiger partial charge in [0.25, 0.3) is 0 Å². The Kier molecular flexibility index (Phi) is 2.99. The number of hydrogen-bond donors (Lipinski definition) is 1. The predicted molar refractivity (Wildman–Crippen MR) is 60.9 cm³/mol. The standard InChI is InChI=1S/C12H11ClFNO/c1-7-2-5-11(16-7)12(15)9-4-3-8(13)6-10(9)14/h2-6,12H,15H2,1H3. The summed E-state index contributed by atoms with van der Waals surface area (Å²) in [5.41, 5.74) is 6.28. The Morgan fingerprint density at radius 3 is 2.62 bits per heavy atom. The lowest BCUT2D eigenvalue weighted by Gasteiger charge is -2.10. The van der Waals surface area contributed by atoms with Gasteiger partial charge in [-0.3, -0.25) is 0 Å². The molecule has 0 saturated heterocycles. The summed E-state index contributed by atoms with van der Waals surface area (Å²) in [7, 11) is 0. The minimum atomic E-state index is -0.606. The molecule has 1 unspecified atom stereocenters. The van der Waals surface area contributed by atoms with Crippen LogP contribution in [0.15, 0.2) is 34.7 Å². The fraction of sp³-hybridized carbons (Fsp3) is 0.167. The van der Waals surface area contributed by atoms with Crippen molar-refractivity contribution in [2.24, 2.45) is 5.73 Å². The molecule has 0 aliphatic rings. The van der Waals surface area contributed by atoms with E-state index in [0.717, 1.165) is 5.76 Å². The average molecular weight is 240 g/mol. The maximum Gasteiger partial charge on any atom is 0.129 e. The van der Waals surface area contributed by atoms with Gasteiger partial charge in [0.05, 0.1) is 6.04 Å². The van der Waals surface area contributed by atoms with Gasteiger partial charge in [-0.25, -0.2) is 4.39 Å². The van der Waals surface area contributed by atoms with Gasteiger partial charge in [-0.2, -0.15) is 0 Å². The Labute approximate surface area is 97.8 Å². The maximum absolute atomic E-state index is 13.6. The topological polar surface area (TPSA) is 39.2 Å². The van der Waals surface area contributed by atoms with Crippen LogP contribution in [0.4, 0.5) is 4.39 Å². The molecule has 0 bridgehead atoms. The van der Waals surface area contributed by atoms with Crippen LogP contribution in [0.1, 0.15) is 23.1 Å². The zero-order chi connectivity index (χ0) is 11.7. The zero-order valence-corrected chi connectivity index (χ0v) is 9.46.